The van der Waals surface area contributed by atoms with Crippen molar-refractivity contribution in [3.8, 4) is 5.75 Å². The lowest BCUT2D eigenvalue weighted by atomic mass is 10.3. The second-order valence-corrected chi connectivity index (χ2v) is 3.00. The highest BCUT2D eigenvalue weighted by molar-refractivity contribution is 5.58. The summed E-state index contributed by atoms with van der Waals surface area (Å²) < 4.78 is 5.32. The lowest BCUT2D eigenvalue weighted by Crippen LogP contribution is -1.87. The highest BCUT2D eigenvalue weighted by Crippen LogP contribution is 2.10. The predicted octanol–water partition coefficient (Wildman–Crippen LogP) is 3.43. The monoisotopic (exact) mass is 197 g/mol. The summed E-state index contributed by atoms with van der Waals surface area (Å²) in [5.41, 5.74) is 0.883. The van der Waals surface area contributed by atoms with Gasteiger partial charge < -0.3 is 4.74 Å². The Labute approximate surface area is 88.9 Å². The van der Waals surface area contributed by atoms with Crippen molar-refractivity contribution in [2.24, 2.45) is 4.99 Å². The molecule has 2 aromatic rings. The van der Waals surface area contributed by atoms with Crippen LogP contribution in [-0.2, 0) is 0 Å². The van der Waals surface area contributed by atoms with Crippen molar-refractivity contribution in [3.05, 3.63) is 60.7 Å². The van der Waals surface area contributed by atoms with Gasteiger partial charge in [0.05, 0.1) is 5.69 Å². The topological polar surface area (TPSA) is 21.6 Å². The number of rotatable bonds is 3. The number of benzene rings is 2. The summed E-state index contributed by atoms with van der Waals surface area (Å²) in [5.74, 6) is 0.789. The molecule has 0 amide bonds. The molecule has 2 rings (SSSR count). The Hall–Kier alpha value is -2.09. The first kappa shape index (κ1) is 9.46. The van der Waals surface area contributed by atoms with Crippen molar-refractivity contribution in [2.45, 2.75) is 0 Å². The number of aliphatic imine (C=N–C) groups is 1. The van der Waals surface area contributed by atoms with E-state index in [0.717, 1.165) is 11.4 Å². The van der Waals surface area contributed by atoms with Crippen molar-refractivity contribution in [1.82, 2.24) is 0 Å². The normalized spacial score (nSPS) is 10.4. The van der Waals surface area contributed by atoms with Crippen LogP contribution in [0.3, 0.4) is 0 Å². The maximum atomic E-state index is 5.32. The van der Waals surface area contributed by atoms with Gasteiger partial charge in [0, 0.05) is 0 Å². The first-order valence-electron chi connectivity index (χ1n) is 4.74. The highest BCUT2D eigenvalue weighted by atomic mass is 16.5. The standard InChI is InChI=1S/C13H11NO/c1-3-7-12(8-4-1)14-11-15-13-9-5-2-6-10-13/h1-11H. The van der Waals surface area contributed by atoms with Crippen LogP contribution in [-0.4, -0.2) is 6.40 Å². The van der Waals surface area contributed by atoms with E-state index in [0.29, 0.717) is 0 Å². The molecule has 0 radical (unpaired) electrons. The molecule has 2 aromatic carbocycles. The second kappa shape index (κ2) is 4.96. The maximum absolute atomic E-state index is 5.32. The fourth-order valence-electron chi connectivity index (χ4n) is 1.16. The number of ether oxygens (including phenoxy) is 1. The summed E-state index contributed by atoms with van der Waals surface area (Å²) in [6.45, 7) is 0. The van der Waals surface area contributed by atoms with Gasteiger partial charge in [0.25, 0.3) is 0 Å². The summed E-state index contributed by atoms with van der Waals surface area (Å²) in [5, 5.41) is 0. The number of hydrogen-bond acceptors (Lipinski definition) is 2. The fraction of sp³-hybridized carbons (Fsp3) is 0. The van der Waals surface area contributed by atoms with Gasteiger partial charge in [-0.1, -0.05) is 36.4 Å². The minimum absolute atomic E-state index is 0.789. The smallest absolute Gasteiger partial charge is 0.181 e. The molecule has 0 saturated heterocycles. The number of para-hydroxylation sites is 2. The molecule has 0 unspecified atom stereocenters. The quantitative estimate of drug-likeness (QED) is 0.545. The van der Waals surface area contributed by atoms with Gasteiger partial charge in [-0.2, -0.15) is 0 Å². The van der Waals surface area contributed by atoms with Gasteiger partial charge in [-0.15, -0.1) is 0 Å². The van der Waals surface area contributed by atoms with E-state index in [-0.39, 0.29) is 0 Å². The third-order valence-electron chi connectivity index (χ3n) is 1.89. The molecule has 0 atom stereocenters. The molecule has 0 fully saturated rings. The molecule has 0 bridgehead atoms. The van der Waals surface area contributed by atoms with Gasteiger partial charge >= 0.3 is 0 Å². The summed E-state index contributed by atoms with van der Waals surface area (Å²) >= 11 is 0. The Morgan fingerprint density at radius 3 is 2.07 bits per heavy atom. The zero-order valence-corrected chi connectivity index (χ0v) is 8.21. The Balaban J connectivity index is 1.97. The molecule has 2 heteroatoms. The Kier molecular flexibility index (Phi) is 3.13. The van der Waals surface area contributed by atoms with Gasteiger partial charge in [-0.05, 0) is 24.3 Å². The summed E-state index contributed by atoms with van der Waals surface area (Å²) in [4.78, 5) is 4.15. The van der Waals surface area contributed by atoms with Crippen molar-refractivity contribution in [2.75, 3.05) is 0 Å². The minimum Gasteiger partial charge on any atom is -0.446 e. The fourth-order valence-corrected chi connectivity index (χ4v) is 1.16. The molecule has 0 aliphatic rings. The highest BCUT2D eigenvalue weighted by Gasteiger charge is 1.87. The SMILES string of the molecule is C(=Nc1ccccc1)Oc1ccccc1. The van der Waals surface area contributed by atoms with Gasteiger partial charge in [0.15, 0.2) is 6.40 Å². The summed E-state index contributed by atoms with van der Waals surface area (Å²) in [7, 11) is 0. The van der Waals surface area contributed by atoms with Gasteiger partial charge in [0.1, 0.15) is 5.75 Å². The first-order chi connectivity index (χ1) is 7.45. The van der Waals surface area contributed by atoms with E-state index in [1.165, 1.54) is 6.40 Å². The van der Waals surface area contributed by atoms with Crippen LogP contribution in [0.2, 0.25) is 0 Å². The lowest BCUT2D eigenvalue weighted by molar-refractivity contribution is 0.574. The molecule has 0 N–H and O–H groups in total. The Bertz CT molecular complexity index is 423. The van der Waals surface area contributed by atoms with Crippen LogP contribution in [0, 0.1) is 0 Å². The van der Waals surface area contributed by atoms with Crippen molar-refractivity contribution in [3.63, 3.8) is 0 Å². The molecule has 0 heterocycles. The van der Waals surface area contributed by atoms with Crippen LogP contribution >= 0.6 is 0 Å². The maximum Gasteiger partial charge on any atom is 0.181 e. The summed E-state index contributed by atoms with van der Waals surface area (Å²) in [6, 6.07) is 19.2. The number of hydrogen-bond donors (Lipinski definition) is 0. The molecule has 15 heavy (non-hydrogen) atoms. The molecule has 2 nitrogen and oxygen atoms in total. The lowest BCUT2D eigenvalue weighted by Gasteiger charge is -1.97. The van der Waals surface area contributed by atoms with Gasteiger partial charge in [-0.25, -0.2) is 4.99 Å². The average molecular weight is 197 g/mol. The van der Waals surface area contributed by atoms with E-state index in [9.17, 15) is 0 Å². The van der Waals surface area contributed by atoms with Crippen LogP contribution in [0.25, 0.3) is 0 Å². The molecule has 74 valence electrons. The van der Waals surface area contributed by atoms with E-state index in [1.54, 1.807) is 0 Å². The molecule has 0 aliphatic heterocycles. The van der Waals surface area contributed by atoms with E-state index in [1.807, 2.05) is 60.7 Å². The van der Waals surface area contributed by atoms with E-state index < -0.39 is 0 Å². The Morgan fingerprint density at radius 1 is 0.800 bits per heavy atom. The van der Waals surface area contributed by atoms with Gasteiger partial charge in [0.2, 0.25) is 0 Å². The summed E-state index contributed by atoms with van der Waals surface area (Å²) in [6.07, 6.45) is 1.45. The minimum atomic E-state index is 0.789. The van der Waals surface area contributed by atoms with E-state index >= 15 is 0 Å². The predicted molar refractivity (Wildman–Crippen MR) is 61.7 cm³/mol. The van der Waals surface area contributed by atoms with Gasteiger partial charge in [-0.3, -0.25) is 0 Å². The Morgan fingerprint density at radius 2 is 1.40 bits per heavy atom. The molecular formula is C13H11NO. The van der Waals surface area contributed by atoms with Crippen LogP contribution in [0.5, 0.6) is 5.75 Å². The first-order valence-corrected chi connectivity index (χ1v) is 4.74. The van der Waals surface area contributed by atoms with Crippen LogP contribution in [0.15, 0.2) is 65.7 Å². The van der Waals surface area contributed by atoms with Crippen LogP contribution in [0.1, 0.15) is 0 Å². The molecule has 0 saturated carbocycles. The molecular weight excluding hydrogens is 186 g/mol. The van der Waals surface area contributed by atoms with Crippen LogP contribution < -0.4 is 4.74 Å². The van der Waals surface area contributed by atoms with Crippen LogP contribution in [0.4, 0.5) is 5.69 Å². The molecule has 0 spiro atoms. The molecule has 0 aromatic heterocycles. The van der Waals surface area contributed by atoms with Crippen molar-refractivity contribution >= 4 is 12.1 Å². The van der Waals surface area contributed by atoms with Crippen molar-refractivity contribution in [1.29, 1.82) is 0 Å². The second-order valence-electron chi connectivity index (χ2n) is 3.00. The average Bonchev–Trinajstić information content (AvgIpc) is 2.32. The largest absolute Gasteiger partial charge is 0.446 e. The zero-order valence-electron chi connectivity index (χ0n) is 8.21. The molecule has 0 aliphatic carbocycles. The van der Waals surface area contributed by atoms with E-state index in [4.69, 9.17) is 4.74 Å². The third-order valence-corrected chi connectivity index (χ3v) is 1.89. The number of nitrogens with zero attached hydrogens (tertiary/aromatic N) is 1. The van der Waals surface area contributed by atoms with Crippen molar-refractivity contribution < 1.29 is 4.74 Å². The van der Waals surface area contributed by atoms with E-state index in [2.05, 4.69) is 4.99 Å². The zero-order chi connectivity index (χ0) is 10.3. The third kappa shape index (κ3) is 2.95.